The van der Waals surface area contributed by atoms with Crippen molar-refractivity contribution in [2.75, 3.05) is 43.0 Å². The molecule has 3 rings (SSSR count). The second kappa shape index (κ2) is 9.31. The van der Waals surface area contributed by atoms with Crippen molar-refractivity contribution in [3.8, 4) is 0 Å². The Balaban J connectivity index is 1.53. The smallest absolute Gasteiger partial charge is 0.239 e. The van der Waals surface area contributed by atoms with Crippen LogP contribution in [0.2, 0.25) is 10.0 Å². The molecule has 1 atom stereocenters. The highest BCUT2D eigenvalue weighted by Gasteiger charge is 2.34. The third-order valence-corrected chi connectivity index (χ3v) is 6.40. The number of carbonyl (C=O) groups excluding carboxylic acids is 2. The zero-order chi connectivity index (χ0) is 18.5. The molecule has 1 N–H and O–H groups in total. The molecule has 1 aromatic rings. The number of hydrogen-bond donors (Lipinski definition) is 1. The van der Waals surface area contributed by atoms with Crippen LogP contribution in [0, 0.1) is 0 Å². The van der Waals surface area contributed by atoms with E-state index in [0.717, 1.165) is 44.0 Å². The van der Waals surface area contributed by atoms with E-state index >= 15 is 0 Å². The van der Waals surface area contributed by atoms with E-state index in [0.29, 0.717) is 28.7 Å². The number of likely N-dealkylation sites (tertiary alicyclic amines) is 1. The molecule has 0 bridgehead atoms. The minimum absolute atomic E-state index is 0.0881. The first-order valence-electron chi connectivity index (χ1n) is 8.90. The van der Waals surface area contributed by atoms with Gasteiger partial charge in [-0.1, -0.05) is 29.3 Å². The monoisotopic (exact) mass is 415 g/mol. The van der Waals surface area contributed by atoms with Crippen LogP contribution in [0.1, 0.15) is 19.3 Å². The summed E-state index contributed by atoms with van der Waals surface area (Å²) in [6, 6.07) is 5.03. The summed E-state index contributed by atoms with van der Waals surface area (Å²) < 4.78 is 0. The summed E-state index contributed by atoms with van der Waals surface area (Å²) >= 11 is 14.1. The zero-order valence-electron chi connectivity index (χ0n) is 14.5. The van der Waals surface area contributed by atoms with Crippen LogP contribution >= 0.6 is 35.0 Å². The Bertz CT molecular complexity index is 648. The molecule has 0 radical (unpaired) electrons. The predicted molar refractivity (Wildman–Crippen MR) is 108 cm³/mol. The number of nitrogens with zero attached hydrogens (tertiary/aromatic N) is 2. The predicted octanol–water partition coefficient (Wildman–Crippen LogP) is 3.36. The van der Waals surface area contributed by atoms with Crippen LogP contribution in [-0.2, 0) is 9.59 Å². The maximum Gasteiger partial charge on any atom is 0.239 e. The fraction of sp³-hybridized carbons (Fsp3) is 0.556. The van der Waals surface area contributed by atoms with Gasteiger partial charge in [-0.25, -0.2) is 0 Å². The van der Waals surface area contributed by atoms with Crippen molar-refractivity contribution >= 4 is 52.5 Å². The minimum Gasteiger partial charge on any atom is -0.340 e. The fourth-order valence-corrected chi connectivity index (χ4v) is 4.83. The molecule has 0 saturated carbocycles. The van der Waals surface area contributed by atoms with Gasteiger partial charge in [0, 0.05) is 37.6 Å². The van der Waals surface area contributed by atoms with Gasteiger partial charge in [-0.3, -0.25) is 14.5 Å². The molecule has 2 heterocycles. The van der Waals surface area contributed by atoms with Gasteiger partial charge in [0.25, 0.3) is 0 Å². The van der Waals surface area contributed by atoms with Crippen molar-refractivity contribution in [2.24, 2.45) is 0 Å². The van der Waals surface area contributed by atoms with Crippen LogP contribution in [0.5, 0.6) is 0 Å². The number of thioether (sulfide) groups is 1. The highest BCUT2D eigenvalue weighted by atomic mass is 35.5. The van der Waals surface area contributed by atoms with Gasteiger partial charge in [-0.15, -0.1) is 0 Å². The molecule has 0 aliphatic carbocycles. The quantitative estimate of drug-likeness (QED) is 0.800. The van der Waals surface area contributed by atoms with Gasteiger partial charge in [-0.05, 0) is 31.5 Å². The SMILES string of the molecule is O=C(CCN1CCCC1C(=O)N1CCSCC1)Nc1c(Cl)cccc1Cl. The molecule has 2 aliphatic rings. The Morgan fingerprint density at radius 1 is 1.15 bits per heavy atom. The van der Waals surface area contributed by atoms with Crippen LogP contribution in [-0.4, -0.2) is 65.3 Å². The minimum atomic E-state index is -0.146. The van der Waals surface area contributed by atoms with E-state index < -0.39 is 0 Å². The zero-order valence-corrected chi connectivity index (χ0v) is 16.9. The third-order valence-electron chi connectivity index (χ3n) is 4.82. The summed E-state index contributed by atoms with van der Waals surface area (Å²) in [7, 11) is 0. The number of rotatable bonds is 5. The molecular weight excluding hydrogens is 393 g/mol. The van der Waals surface area contributed by atoms with Crippen LogP contribution in [0.15, 0.2) is 18.2 Å². The molecule has 142 valence electrons. The Morgan fingerprint density at radius 3 is 2.54 bits per heavy atom. The Hall–Kier alpha value is -0.950. The lowest BCUT2D eigenvalue weighted by Gasteiger charge is -2.32. The number of benzene rings is 1. The normalized spacial score (nSPS) is 21.0. The third kappa shape index (κ3) is 4.85. The topological polar surface area (TPSA) is 52.7 Å². The molecule has 8 heteroatoms. The van der Waals surface area contributed by atoms with Gasteiger partial charge in [-0.2, -0.15) is 11.8 Å². The summed E-state index contributed by atoms with van der Waals surface area (Å²) in [4.78, 5) is 29.2. The molecule has 2 amide bonds. The van der Waals surface area contributed by atoms with Crippen LogP contribution in [0.4, 0.5) is 5.69 Å². The number of amides is 2. The van der Waals surface area contributed by atoms with E-state index in [1.54, 1.807) is 18.2 Å². The van der Waals surface area contributed by atoms with Gasteiger partial charge in [0.1, 0.15) is 0 Å². The molecule has 2 fully saturated rings. The second-order valence-electron chi connectivity index (χ2n) is 6.53. The lowest BCUT2D eigenvalue weighted by atomic mass is 10.2. The standard InChI is InChI=1S/C18H23Cl2N3O2S/c19-13-3-1-4-14(20)17(13)21-16(24)6-8-22-7-2-5-15(22)18(25)23-9-11-26-12-10-23/h1,3-4,15H,2,5-12H2,(H,21,24). The van der Waals surface area contributed by atoms with Gasteiger partial charge >= 0.3 is 0 Å². The molecule has 5 nitrogen and oxygen atoms in total. The lowest BCUT2D eigenvalue weighted by Crippen LogP contribution is -2.48. The van der Waals surface area contributed by atoms with Crippen molar-refractivity contribution in [1.82, 2.24) is 9.80 Å². The number of nitrogens with one attached hydrogen (secondary N) is 1. The average molecular weight is 416 g/mol. The number of para-hydroxylation sites is 1. The number of halogens is 2. The molecule has 1 unspecified atom stereocenters. The number of carbonyl (C=O) groups is 2. The molecule has 1 aromatic carbocycles. The van der Waals surface area contributed by atoms with E-state index in [-0.39, 0.29) is 17.9 Å². The van der Waals surface area contributed by atoms with Crippen LogP contribution in [0.3, 0.4) is 0 Å². The Labute approximate surface area is 168 Å². The molecule has 0 spiro atoms. The average Bonchev–Trinajstić information content (AvgIpc) is 3.12. The van der Waals surface area contributed by atoms with E-state index in [2.05, 4.69) is 10.2 Å². The van der Waals surface area contributed by atoms with Crippen molar-refractivity contribution in [1.29, 1.82) is 0 Å². The van der Waals surface area contributed by atoms with Gasteiger partial charge in [0.2, 0.25) is 11.8 Å². The molecule has 0 aromatic heterocycles. The maximum absolute atomic E-state index is 12.8. The summed E-state index contributed by atoms with van der Waals surface area (Å²) in [6.45, 7) is 3.09. The summed E-state index contributed by atoms with van der Waals surface area (Å²) in [5.41, 5.74) is 0.445. The van der Waals surface area contributed by atoms with Crippen LogP contribution in [0.25, 0.3) is 0 Å². The lowest BCUT2D eigenvalue weighted by molar-refractivity contribution is -0.136. The highest BCUT2D eigenvalue weighted by Crippen LogP contribution is 2.30. The van der Waals surface area contributed by atoms with Crippen molar-refractivity contribution < 1.29 is 9.59 Å². The first-order chi connectivity index (χ1) is 12.6. The Morgan fingerprint density at radius 2 is 1.85 bits per heavy atom. The van der Waals surface area contributed by atoms with Gasteiger partial charge in [0.05, 0.1) is 21.8 Å². The molecular formula is C18H23Cl2N3O2S. The summed E-state index contributed by atoms with van der Waals surface area (Å²) in [6.07, 6.45) is 2.18. The van der Waals surface area contributed by atoms with E-state index in [1.807, 2.05) is 16.7 Å². The number of anilines is 1. The second-order valence-corrected chi connectivity index (χ2v) is 8.57. The molecule has 26 heavy (non-hydrogen) atoms. The van der Waals surface area contributed by atoms with Gasteiger partial charge in [0.15, 0.2) is 0 Å². The van der Waals surface area contributed by atoms with E-state index in [1.165, 1.54) is 0 Å². The van der Waals surface area contributed by atoms with Crippen LogP contribution < -0.4 is 5.32 Å². The highest BCUT2D eigenvalue weighted by molar-refractivity contribution is 7.99. The molecule has 2 saturated heterocycles. The number of hydrogen-bond acceptors (Lipinski definition) is 4. The van der Waals surface area contributed by atoms with E-state index in [4.69, 9.17) is 23.2 Å². The van der Waals surface area contributed by atoms with E-state index in [9.17, 15) is 9.59 Å². The van der Waals surface area contributed by atoms with Crippen molar-refractivity contribution in [2.45, 2.75) is 25.3 Å². The van der Waals surface area contributed by atoms with Crippen molar-refractivity contribution in [3.05, 3.63) is 28.2 Å². The van der Waals surface area contributed by atoms with Crippen molar-refractivity contribution in [3.63, 3.8) is 0 Å². The first-order valence-corrected chi connectivity index (χ1v) is 10.8. The maximum atomic E-state index is 12.8. The summed E-state index contributed by atoms with van der Waals surface area (Å²) in [5, 5.41) is 3.62. The summed E-state index contributed by atoms with van der Waals surface area (Å²) in [5.74, 6) is 2.10. The largest absolute Gasteiger partial charge is 0.340 e. The van der Waals surface area contributed by atoms with Gasteiger partial charge < -0.3 is 10.2 Å². The molecule has 2 aliphatic heterocycles. The first kappa shape index (κ1) is 19.8. The Kier molecular flexibility index (Phi) is 7.09. The fourth-order valence-electron chi connectivity index (χ4n) is 3.43.